The van der Waals surface area contributed by atoms with Gasteiger partial charge in [-0.25, -0.2) is 4.79 Å². The van der Waals surface area contributed by atoms with E-state index in [0.29, 0.717) is 32.4 Å². The highest BCUT2D eigenvalue weighted by molar-refractivity contribution is 6.04. The number of nitrogens with one attached hydrogen (secondary N) is 2. The van der Waals surface area contributed by atoms with E-state index in [1.165, 1.54) is 31.5 Å². The minimum absolute atomic E-state index is 0.120. The van der Waals surface area contributed by atoms with E-state index in [4.69, 9.17) is 4.74 Å². The molecule has 0 saturated heterocycles. The Kier molecular flexibility index (Phi) is 4.00. The molecule has 10 heteroatoms. The van der Waals surface area contributed by atoms with Crippen LogP contribution in [0.1, 0.15) is 5.56 Å². The fourth-order valence-electron chi connectivity index (χ4n) is 2.90. The first-order valence-corrected chi connectivity index (χ1v) is 8.11. The van der Waals surface area contributed by atoms with Gasteiger partial charge in [-0.05, 0) is 12.1 Å². The molecule has 2 heterocycles. The highest BCUT2D eigenvalue weighted by Gasteiger charge is 2.13. The molecular weight excluding hydrogens is 366 g/mol. The van der Waals surface area contributed by atoms with Crippen LogP contribution >= 0.6 is 0 Å². The topological polar surface area (TPSA) is 135 Å². The molecule has 0 radical (unpaired) electrons. The lowest BCUT2D eigenvalue weighted by molar-refractivity contribution is -0.384. The summed E-state index contributed by atoms with van der Waals surface area (Å²) in [7, 11) is 1.53. The quantitative estimate of drug-likeness (QED) is 0.317. The van der Waals surface area contributed by atoms with Gasteiger partial charge in [-0.15, -0.1) is 4.68 Å². The van der Waals surface area contributed by atoms with Gasteiger partial charge in [-0.3, -0.25) is 14.9 Å². The fraction of sp³-hybridized carbons (Fsp3) is 0.0556. The van der Waals surface area contributed by atoms with Gasteiger partial charge in [0.15, 0.2) is 0 Å². The molecule has 0 atom stereocenters. The van der Waals surface area contributed by atoms with Crippen LogP contribution in [0.4, 0.5) is 5.69 Å². The Hall–Kier alpha value is -4.21. The lowest BCUT2D eigenvalue weighted by Crippen LogP contribution is -2.32. The third-order valence-electron chi connectivity index (χ3n) is 4.24. The van der Waals surface area contributed by atoms with E-state index in [9.17, 15) is 19.7 Å². The smallest absolute Gasteiger partial charge is 0.350 e. The lowest BCUT2D eigenvalue weighted by atomic mass is 10.2. The minimum Gasteiger partial charge on any atom is -0.497 e. The van der Waals surface area contributed by atoms with Gasteiger partial charge in [0.1, 0.15) is 11.3 Å². The molecule has 0 saturated carbocycles. The van der Waals surface area contributed by atoms with E-state index < -0.39 is 16.2 Å². The predicted octanol–water partition coefficient (Wildman–Crippen LogP) is 1.97. The summed E-state index contributed by atoms with van der Waals surface area (Å²) in [5.74, 6) is 0.602. The second-order valence-corrected chi connectivity index (χ2v) is 5.93. The van der Waals surface area contributed by atoms with Crippen LogP contribution < -0.4 is 16.0 Å². The molecule has 28 heavy (non-hydrogen) atoms. The molecule has 0 unspecified atom stereocenters. The first-order valence-electron chi connectivity index (χ1n) is 8.11. The molecule has 2 N–H and O–H groups in total. The van der Waals surface area contributed by atoms with Crippen molar-refractivity contribution < 1.29 is 9.66 Å². The van der Waals surface area contributed by atoms with Gasteiger partial charge in [0, 0.05) is 29.1 Å². The van der Waals surface area contributed by atoms with Gasteiger partial charge >= 0.3 is 11.2 Å². The van der Waals surface area contributed by atoms with E-state index in [0.717, 1.165) is 0 Å². The molecule has 0 aliphatic rings. The van der Waals surface area contributed by atoms with Crippen LogP contribution in [0.3, 0.4) is 0 Å². The van der Waals surface area contributed by atoms with Crippen LogP contribution in [0, 0.1) is 10.1 Å². The molecule has 0 aliphatic carbocycles. The standard InChI is InChI=1S/C18H13N5O5/c1-28-12-5-6-13-14(8-12)20-16-15(13)21-18(25)22(17(16)24)19-9-10-3-2-4-11(7-10)23(26)27/h2-9,20H,1H3,(H,21,25). The number of hydrogen-bond acceptors (Lipinski definition) is 6. The monoisotopic (exact) mass is 379 g/mol. The molecule has 2 aromatic heterocycles. The van der Waals surface area contributed by atoms with E-state index >= 15 is 0 Å². The van der Waals surface area contributed by atoms with E-state index in [-0.39, 0.29) is 11.2 Å². The number of nitrogens with zero attached hydrogens (tertiary/aromatic N) is 3. The van der Waals surface area contributed by atoms with Crippen molar-refractivity contribution in [3.8, 4) is 5.75 Å². The Morgan fingerprint density at radius 2 is 1.96 bits per heavy atom. The number of benzene rings is 2. The summed E-state index contributed by atoms with van der Waals surface area (Å²) in [5, 5.41) is 15.4. The molecule has 0 amide bonds. The number of rotatable bonds is 4. The fourth-order valence-corrected chi connectivity index (χ4v) is 2.90. The number of hydrogen-bond donors (Lipinski definition) is 2. The zero-order valence-corrected chi connectivity index (χ0v) is 14.5. The van der Waals surface area contributed by atoms with Crippen molar-refractivity contribution in [2.24, 2.45) is 5.10 Å². The number of fused-ring (bicyclic) bond motifs is 3. The second-order valence-electron chi connectivity index (χ2n) is 5.93. The zero-order valence-electron chi connectivity index (χ0n) is 14.5. The number of nitro benzene ring substituents is 1. The Morgan fingerprint density at radius 1 is 1.14 bits per heavy atom. The molecule has 4 aromatic rings. The number of nitro groups is 1. The van der Waals surface area contributed by atoms with Gasteiger partial charge in [0.25, 0.3) is 5.69 Å². The molecule has 10 nitrogen and oxygen atoms in total. The van der Waals surface area contributed by atoms with Crippen molar-refractivity contribution in [1.29, 1.82) is 0 Å². The summed E-state index contributed by atoms with van der Waals surface area (Å²) in [6.45, 7) is 0. The van der Waals surface area contributed by atoms with Crippen molar-refractivity contribution in [3.63, 3.8) is 0 Å². The first kappa shape index (κ1) is 17.2. The van der Waals surface area contributed by atoms with Gasteiger partial charge in [0.2, 0.25) is 0 Å². The van der Waals surface area contributed by atoms with Crippen molar-refractivity contribution in [1.82, 2.24) is 14.6 Å². The van der Waals surface area contributed by atoms with Gasteiger partial charge in [-0.2, -0.15) is 5.10 Å². The van der Waals surface area contributed by atoms with Crippen LogP contribution in [-0.4, -0.2) is 32.9 Å². The summed E-state index contributed by atoms with van der Waals surface area (Å²) < 4.78 is 5.82. The molecule has 2 aromatic carbocycles. The Labute approximate surface area is 155 Å². The Bertz CT molecular complexity index is 1380. The molecule has 4 rings (SSSR count). The number of methoxy groups -OCH3 is 1. The van der Waals surface area contributed by atoms with Gasteiger partial charge in [-0.1, -0.05) is 12.1 Å². The predicted molar refractivity (Wildman–Crippen MR) is 103 cm³/mol. The lowest BCUT2D eigenvalue weighted by Gasteiger charge is -1.99. The number of ether oxygens (including phenoxy) is 1. The summed E-state index contributed by atoms with van der Waals surface area (Å²) in [5.41, 5.74) is 0.0645. The van der Waals surface area contributed by atoms with E-state index in [1.54, 1.807) is 24.3 Å². The van der Waals surface area contributed by atoms with Crippen molar-refractivity contribution in [2.45, 2.75) is 0 Å². The van der Waals surface area contributed by atoms with Crippen molar-refractivity contribution in [3.05, 3.63) is 79.0 Å². The van der Waals surface area contributed by atoms with Crippen molar-refractivity contribution >= 4 is 33.8 Å². The summed E-state index contributed by atoms with van der Waals surface area (Å²) >= 11 is 0. The number of aromatic nitrogens is 3. The summed E-state index contributed by atoms with van der Waals surface area (Å²) in [4.78, 5) is 41.0. The summed E-state index contributed by atoms with van der Waals surface area (Å²) in [6.07, 6.45) is 1.21. The first-order chi connectivity index (χ1) is 13.5. The maximum Gasteiger partial charge on any atom is 0.350 e. The third kappa shape index (κ3) is 2.82. The molecule has 0 bridgehead atoms. The van der Waals surface area contributed by atoms with Gasteiger partial charge < -0.3 is 14.7 Å². The Balaban J connectivity index is 1.85. The van der Waals surface area contributed by atoms with Crippen LogP contribution in [-0.2, 0) is 0 Å². The number of aromatic amines is 2. The minimum atomic E-state index is -0.726. The third-order valence-corrected chi connectivity index (χ3v) is 4.24. The van der Waals surface area contributed by atoms with Crippen LogP contribution in [0.25, 0.3) is 21.9 Å². The second kappa shape index (κ2) is 6.50. The van der Waals surface area contributed by atoms with Crippen LogP contribution in [0.15, 0.2) is 57.2 Å². The molecular formula is C18H13N5O5. The number of H-pyrrole nitrogens is 2. The largest absolute Gasteiger partial charge is 0.497 e. The van der Waals surface area contributed by atoms with Crippen LogP contribution in [0.2, 0.25) is 0 Å². The highest BCUT2D eigenvalue weighted by Crippen LogP contribution is 2.24. The van der Waals surface area contributed by atoms with Crippen LogP contribution in [0.5, 0.6) is 5.75 Å². The normalized spacial score (nSPS) is 11.5. The zero-order chi connectivity index (χ0) is 19.8. The number of non-ortho nitro benzene ring substituents is 1. The Morgan fingerprint density at radius 3 is 2.71 bits per heavy atom. The average Bonchev–Trinajstić information content (AvgIpc) is 3.05. The maximum absolute atomic E-state index is 12.7. The molecule has 0 fully saturated rings. The summed E-state index contributed by atoms with van der Waals surface area (Å²) in [6, 6.07) is 10.9. The maximum atomic E-state index is 12.7. The average molecular weight is 379 g/mol. The van der Waals surface area contributed by atoms with Crippen molar-refractivity contribution in [2.75, 3.05) is 7.11 Å². The van der Waals surface area contributed by atoms with E-state index in [1.807, 2.05) is 0 Å². The van der Waals surface area contributed by atoms with Gasteiger partial charge in [0.05, 0.1) is 29.3 Å². The molecule has 140 valence electrons. The highest BCUT2D eigenvalue weighted by atomic mass is 16.6. The van der Waals surface area contributed by atoms with E-state index in [2.05, 4.69) is 15.1 Å². The SMILES string of the molecule is COc1ccc2c(c1)[nH]c1c(=O)n(N=Cc3cccc([N+](=O)[O-])c3)c(=O)[nH]c12. The molecule has 0 spiro atoms. The molecule has 0 aliphatic heterocycles.